The normalized spacial score (nSPS) is 13.7. The zero-order valence-electron chi connectivity index (χ0n) is 13.1. The highest BCUT2D eigenvalue weighted by molar-refractivity contribution is 6.29. The van der Waals surface area contributed by atoms with E-state index in [1.165, 1.54) is 12.0 Å². The average molecular weight is 309 g/mol. The van der Waals surface area contributed by atoms with Crippen LogP contribution in [0.25, 0.3) is 0 Å². The van der Waals surface area contributed by atoms with E-state index in [0.717, 1.165) is 5.56 Å². The van der Waals surface area contributed by atoms with Crippen molar-refractivity contribution in [3.63, 3.8) is 0 Å². The molecule has 0 amide bonds. The van der Waals surface area contributed by atoms with Crippen LogP contribution >= 0.6 is 0 Å². The van der Waals surface area contributed by atoms with Crippen molar-refractivity contribution < 1.29 is 9.76 Å². The number of nitrogens with two attached hydrogens (primary N) is 1. The van der Waals surface area contributed by atoms with Gasteiger partial charge in [0.15, 0.2) is 6.40 Å². The number of nitrogens with zero attached hydrogens (tertiary/aromatic N) is 1. The molecule has 0 aliphatic carbocycles. The number of aliphatic imine (C=N–C) groups is 1. The number of rotatable bonds is 9. The molecular weight excluding hydrogens is 287 g/mol. The van der Waals surface area contributed by atoms with Gasteiger partial charge in [0.1, 0.15) is 0 Å². The molecule has 4 nitrogen and oxygen atoms in total. The smallest absolute Gasteiger partial charge is 0.375 e. The molecule has 0 aliphatic rings. The Hall–Kier alpha value is -2.11. The van der Waals surface area contributed by atoms with E-state index in [0.29, 0.717) is 12.7 Å². The van der Waals surface area contributed by atoms with Crippen LogP contribution in [0, 0.1) is 0 Å². The summed E-state index contributed by atoms with van der Waals surface area (Å²) in [7, 11) is 1.69. The fourth-order valence-corrected chi connectivity index (χ4v) is 2.22. The second kappa shape index (κ2) is 9.82. The van der Waals surface area contributed by atoms with Gasteiger partial charge in [-0.1, -0.05) is 66.2 Å². The summed E-state index contributed by atoms with van der Waals surface area (Å²) in [5, 5.41) is 10.0. The third-order valence-electron chi connectivity index (χ3n) is 3.54. The van der Waals surface area contributed by atoms with Gasteiger partial charge < -0.3 is 15.5 Å². The van der Waals surface area contributed by atoms with Crippen LogP contribution in [0.3, 0.4) is 0 Å². The largest absolute Gasteiger partial charge is 0.555 e. The van der Waals surface area contributed by atoms with Crippen molar-refractivity contribution in [2.75, 3.05) is 6.54 Å². The highest BCUT2D eigenvalue weighted by Crippen LogP contribution is 2.09. The van der Waals surface area contributed by atoms with Gasteiger partial charge in [-0.05, 0) is 18.3 Å². The van der Waals surface area contributed by atoms with Crippen molar-refractivity contribution >= 4 is 13.9 Å². The molecule has 2 rings (SSSR count). The minimum absolute atomic E-state index is 0.169. The second-order valence-electron chi connectivity index (χ2n) is 5.31. The Morgan fingerprint density at radius 3 is 2.26 bits per heavy atom. The fourth-order valence-electron chi connectivity index (χ4n) is 2.22. The van der Waals surface area contributed by atoms with Crippen molar-refractivity contribution in [1.82, 2.24) is 0 Å². The molecule has 2 aromatic carbocycles. The first-order chi connectivity index (χ1) is 11.3. The van der Waals surface area contributed by atoms with Crippen LogP contribution in [0.2, 0.25) is 0 Å². The number of hydrogen-bond acceptors (Lipinski definition) is 4. The predicted molar refractivity (Wildman–Crippen MR) is 94.5 cm³/mol. The lowest BCUT2D eigenvalue weighted by Gasteiger charge is -2.17. The van der Waals surface area contributed by atoms with E-state index in [9.17, 15) is 5.11 Å². The van der Waals surface area contributed by atoms with Crippen molar-refractivity contribution in [3.05, 3.63) is 71.8 Å². The van der Waals surface area contributed by atoms with E-state index >= 15 is 0 Å². The Morgan fingerprint density at radius 2 is 1.65 bits per heavy atom. The summed E-state index contributed by atoms with van der Waals surface area (Å²) in [5.41, 5.74) is 7.84. The van der Waals surface area contributed by atoms with Gasteiger partial charge in [-0.15, -0.1) is 0 Å². The van der Waals surface area contributed by atoms with E-state index in [2.05, 4.69) is 4.99 Å². The summed E-state index contributed by atoms with van der Waals surface area (Å²) in [6.45, 7) is 0.169. The molecule has 0 saturated carbocycles. The first kappa shape index (κ1) is 17.3. The number of aliphatic hydroxyl groups is 1. The molecule has 2 aromatic rings. The molecule has 0 bridgehead atoms. The van der Waals surface area contributed by atoms with E-state index in [4.69, 9.17) is 10.4 Å². The first-order valence-electron chi connectivity index (χ1n) is 7.74. The minimum atomic E-state index is -0.691. The zero-order chi connectivity index (χ0) is 16.3. The molecule has 5 heteroatoms. The van der Waals surface area contributed by atoms with Gasteiger partial charge in [-0.2, -0.15) is 0 Å². The molecule has 2 atom stereocenters. The van der Waals surface area contributed by atoms with Crippen LogP contribution in [0.1, 0.15) is 11.1 Å². The summed E-state index contributed by atoms with van der Waals surface area (Å²) in [4.78, 5) is 4.31. The molecule has 0 aliphatic heterocycles. The van der Waals surface area contributed by atoms with Gasteiger partial charge in [0, 0.05) is 6.54 Å². The average Bonchev–Trinajstić information content (AvgIpc) is 2.61. The van der Waals surface area contributed by atoms with Crippen LogP contribution in [-0.2, 0) is 17.4 Å². The maximum atomic E-state index is 10.0. The van der Waals surface area contributed by atoms with E-state index < -0.39 is 6.10 Å². The van der Waals surface area contributed by atoms with Gasteiger partial charge in [-0.3, -0.25) is 4.99 Å². The Morgan fingerprint density at radius 1 is 1.04 bits per heavy atom. The van der Waals surface area contributed by atoms with Gasteiger partial charge >= 0.3 is 7.48 Å². The monoisotopic (exact) mass is 309 g/mol. The first-order valence-corrected chi connectivity index (χ1v) is 7.74. The second-order valence-corrected chi connectivity index (χ2v) is 5.31. The fraction of sp³-hybridized carbons (Fsp3) is 0.278. The summed E-state index contributed by atoms with van der Waals surface area (Å²) in [6, 6.07) is 19.6. The molecule has 1 radical (unpaired) electrons. The summed E-state index contributed by atoms with van der Waals surface area (Å²) >= 11 is 0. The third kappa shape index (κ3) is 6.26. The number of hydrogen-bond donors (Lipinski definition) is 2. The molecule has 0 saturated heterocycles. The zero-order valence-corrected chi connectivity index (χ0v) is 13.1. The Labute approximate surface area is 138 Å². The Kier molecular flexibility index (Phi) is 7.37. The lowest BCUT2D eigenvalue weighted by Crippen LogP contribution is -2.33. The van der Waals surface area contributed by atoms with E-state index in [-0.39, 0.29) is 12.6 Å². The lowest BCUT2D eigenvalue weighted by atomic mass is 9.90. The van der Waals surface area contributed by atoms with Crippen molar-refractivity contribution in [2.24, 2.45) is 10.7 Å². The lowest BCUT2D eigenvalue weighted by molar-refractivity contribution is 0.152. The quantitative estimate of drug-likeness (QED) is 0.321. The van der Waals surface area contributed by atoms with Crippen LogP contribution < -0.4 is 5.73 Å². The predicted octanol–water partition coefficient (Wildman–Crippen LogP) is 1.78. The highest BCUT2D eigenvalue weighted by atomic mass is 16.4. The van der Waals surface area contributed by atoms with Crippen molar-refractivity contribution in [2.45, 2.75) is 24.9 Å². The van der Waals surface area contributed by atoms with Crippen LogP contribution in [0.15, 0.2) is 65.7 Å². The van der Waals surface area contributed by atoms with Crippen molar-refractivity contribution in [3.8, 4) is 0 Å². The molecular formula is C18H22BN2O2. The third-order valence-corrected chi connectivity index (χ3v) is 3.54. The summed E-state index contributed by atoms with van der Waals surface area (Å²) < 4.78 is 5.33. The molecule has 3 N–H and O–H groups in total. The van der Waals surface area contributed by atoms with Gasteiger partial charge in [0.05, 0.1) is 12.1 Å². The van der Waals surface area contributed by atoms with Crippen LogP contribution in [0.5, 0.6) is 0 Å². The minimum Gasteiger partial charge on any atom is -0.555 e. The number of aliphatic hydroxyl groups excluding tert-OH is 1. The van der Waals surface area contributed by atoms with E-state index in [1.807, 2.05) is 60.7 Å². The molecule has 0 heterocycles. The highest BCUT2D eigenvalue weighted by Gasteiger charge is 2.16. The molecule has 0 aromatic heterocycles. The van der Waals surface area contributed by atoms with Gasteiger partial charge in [0.2, 0.25) is 0 Å². The SMILES string of the molecule is NC[C@@H](O)[C@H](Cc1ccccc1)N=CO[B]Cc1ccccc1. The maximum absolute atomic E-state index is 10.0. The molecule has 0 fully saturated rings. The standard InChI is InChI=1S/C18H22BN2O2/c20-13-18(22)17(11-15-7-3-1-4-8-15)21-14-23-19-12-16-9-5-2-6-10-16/h1-10,14,17-18,22H,11-13,20H2/t17-,18+/m0/s1. The topological polar surface area (TPSA) is 67.8 Å². The number of benzene rings is 2. The van der Waals surface area contributed by atoms with Gasteiger partial charge in [-0.25, -0.2) is 0 Å². The van der Waals surface area contributed by atoms with Gasteiger partial charge in [0.25, 0.3) is 0 Å². The Bertz CT molecular complexity index is 578. The maximum Gasteiger partial charge on any atom is 0.375 e. The van der Waals surface area contributed by atoms with E-state index in [1.54, 1.807) is 7.48 Å². The Balaban J connectivity index is 1.82. The molecule has 0 unspecified atom stereocenters. The van der Waals surface area contributed by atoms with Crippen molar-refractivity contribution in [1.29, 1.82) is 0 Å². The van der Waals surface area contributed by atoms with Crippen LogP contribution in [-0.4, -0.2) is 37.7 Å². The molecule has 23 heavy (non-hydrogen) atoms. The molecule has 119 valence electrons. The summed E-state index contributed by atoms with van der Waals surface area (Å²) in [5.74, 6) is 0. The van der Waals surface area contributed by atoms with Crippen LogP contribution in [0.4, 0.5) is 0 Å². The molecule has 0 spiro atoms. The summed E-state index contributed by atoms with van der Waals surface area (Å²) in [6.07, 6.45) is 2.02.